The first-order valence-corrected chi connectivity index (χ1v) is 10.1. The lowest BCUT2D eigenvalue weighted by Gasteiger charge is -2.43. The van der Waals surface area contributed by atoms with Crippen LogP contribution in [0.3, 0.4) is 0 Å². The van der Waals surface area contributed by atoms with Gasteiger partial charge < -0.3 is 14.2 Å². The second-order valence-corrected chi connectivity index (χ2v) is 8.55. The van der Waals surface area contributed by atoms with Gasteiger partial charge in [-0.25, -0.2) is 4.39 Å². The number of benzene rings is 1. The summed E-state index contributed by atoms with van der Waals surface area (Å²) in [5.74, 6) is -0.522. The van der Waals surface area contributed by atoms with Crippen LogP contribution >= 0.6 is 0 Å². The van der Waals surface area contributed by atoms with E-state index < -0.39 is 15.7 Å². The molecule has 1 spiro atoms. The average Bonchev–Trinajstić information content (AvgIpc) is 3.26. The third-order valence-corrected chi connectivity index (χ3v) is 7.25. The van der Waals surface area contributed by atoms with Crippen LogP contribution in [0.15, 0.2) is 47.1 Å². The van der Waals surface area contributed by atoms with E-state index in [1.54, 1.807) is 34.1 Å². The van der Waals surface area contributed by atoms with Crippen molar-refractivity contribution in [3.63, 3.8) is 0 Å². The standard InChI is InChI=1S/C19H19FN2O4S/c20-15-4-1-3-14(11-15)12-22-17(23)13-27(25)19(22)6-8-21(9-7-19)18(24)16-5-2-10-26-16/h1-5,10-11H,6-9,12-13H2. The highest BCUT2D eigenvalue weighted by atomic mass is 32.2. The summed E-state index contributed by atoms with van der Waals surface area (Å²) < 4.78 is 31.5. The lowest BCUT2D eigenvalue weighted by atomic mass is 10.0. The molecule has 6 nitrogen and oxygen atoms in total. The van der Waals surface area contributed by atoms with E-state index in [0.29, 0.717) is 31.5 Å². The number of hydrogen-bond donors (Lipinski definition) is 0. The summed E-state index contributed by atoms with van der Waals surface area (Å²) in [4.78, 5) is 27.4. The molecular weight excluding hydrogens is 371 g/mol. The van der Waals surface area contributed by atoms with Crippen molar-refractivity contribution < 1.29 is 22.6 Å². The first-order chi connectivity index (χ1) is 13.0. The van der Waals surface area contributed by atoms with Gasteiger partial charge in [-0.15, -0.1) is 0 Å². The van der Waals surface area contributed by atoms with E-state index >= 15 is 0 Å². The average molecular weight is 390 g/mol. The molecule has 2 amide bonds. The van der Waals surface area contributed by atoms with E-state index in [1.807, 2.05) is 0 Å². The van der Waals surface area contributed by atoms with Gasteiger partial charge in [0.05, 0.1) is 17.1 Å². The van der Waals surface area contributed by atoms with E-state index in [2.05, 4.69) is 0 Å². The quantitative estimate of drug-likeness (QED) is 0.805. The van der Waals surface area contributed by atoms with Crippen molar-refractivity contribution in [2.24, 2.45) is 0 Å². The second kappa shape index (κ2) is 6.92. The number of nitrogens with zero attached hydrogens (tertiary/aromatic N) is 2. The highest BCUT2D eigenvalue weighted by molar-refractivity contribution is 7.87. The Kier molecular flexibility index (Phi) is 4.59. The van der Waals surface area contributed by atoms with Crippen LogP contribution in [0.5, 0.6) is 0 Å². The monoisotopic (exact) mass is 390 g/mol. The summed E-state index contributed by atoms with van der Waals surface area (Å²) in [7, 11) is -1.35. The van der Waals surface area contributed by atoms with Crippen LogP contribution in [0.25, 0.3) is 0 Å². The molecule has 142 valence electrons. The van der Waals surface area contributed by atoms with Crippen LogP contribution < -0.4 is 0 Å². The van der Waals surface area contributed by atoms with E-state index in [1.165, 1.54) is 18.4 Å². The minimum absolute atomic E-state index is 0.0263. The number of rotatable bonds is 3. The molecule has 1 unspecified atom stereocenters. The summed E-state index contributed by atoms with van der Waals surface area (Å²) in [6, 6.07) is 9.35. The highest BCUT2D eigenvalue weighted by Crippen LogP contribution is 2.38. The van der Waals surface area contributed by atoms with Gasteiger partial charge in [-0.3, -0.25) is 13.8 Å². The maximum Gasteiger partial charge on any atom is 0.289 e. The van der Waals surface area contributed by atoms with Crippen molar-refractivity contribution in [1.29, 1.82) is 0 Å². The third-order valence-electron chi connectivity index (χ3n) is 5.26. The van der Waals surface area contributed by atoms with Crippen molar-refractivity contribution in [2.75, 3.05) is 18.8 Å². The van der Waals surface area contributed by atoms with E-state index in [9.17, 15) is 18.2 Å². The number of piperidine rings is 1. The van der Waals surface area contributed by atoms with Gasteiger partial charge in [0.15, 0.2) is 5.76 Å². The minimum Gasteiger partial charge on any atom is -0.459 e. The molecule has 3 heterocycles. The van der Waals surface area contributed by atoms with E-state index in [0.717, 1.165) is 0 Å². The zero-order valence-corrected chi connectivity index (χ0v) is 15.4. The van der Waals surface area contributed by atoms with Crippen molar-refractivity contribution in [3.8, 4) is 0 Å². The highest BCUT2D eigenvalue weighted by Gasteiger charge is 2.53. The van der Waals surface area contributed by atoms with Gasteiger partial charge in [0.25, 0.3) is 5.91 Å². The molecule has 0 saturated carbocycles. The molecule has 2 aromatic rings. The summed E-state index contributed by atoms with van der Waals surface area (Å²) in [6.07, 6.45) is 2.30. The fourth-order valence-electron chi connectivity index (χ4n) is 3.84. The van der Waals surface area contributed by atoms with E-state index in [-0.39, 0.29) is 35.7 Å². The number of halogens is 1. The number of carbonyl (C=O) groups excluding carboxylic acids is 2. The van der Waals surface area contributed by atoms with Gasteiger partial charge in [-0.05, 0) is 29.8 Å². The molecule has 0 N–H and O–H groups in total. The van der Waals surface area contributed by atoms with Crippen LogP contribution in [-0.4, -0.2) is 49.5 Å². The Hall–Kier alpha value is -2.48. The third kappa shape index (κ3) is 3.18. The van der Waals surface area contributed by atoms with Crippen molar-refractivity contribution in [1.82, 2.24) is 9.80 Å². The van der Waals surface area contributed by atoms with Crippen molar-refractivity contribution in [3.05, 3.63) is 59.8 Å². The number of likely N-dealkylation sites (tertiary alicyclic amines) is 1. The van der Waals surface area contributed by atoms with Crippen LogP contribution in [0, 0.1) is 5.82 Å². The molecule has 1 aromatic carbocycles. The zero-order chi connectivity index (χ0) is 19.0. The molecule has 2 aliphatic heterocycles. The van der Waals surface area contributed by atoms with Crippen LogP contribution in [0.2, 0.25) is 0 Å². The Morgan fingerprint density at radius 3 is 2.67 bits per heavy atom. The Labute approximate surface area is 158 Å². The maximum atomic E-state index is 13.5. The van der Waals surface area contributed by atoms with Crippen LogP contribution in [0.4, 0.5) is 4.39 Å². The fraction of sp³-hybridized carbons (Fsp3) is 0.368. The number of hydrogen-bond acceptors (Lipinski definition) is 4. The van der Waals surface area contributed by atoms with Gasteiger partial charge in [0, 0.05) is 32.5 Å². The Balaban J connectivity index is 1.53. The molecule has 4 rings (SSSR count). The second-order valence-electron chi connectivity index (χ2n) is 6.82. The lowest BCUT2D eigenvalue weighted by molar-refractivity contribution is -0.131. The molecule has 27 heavy (non-hydrogen) atoms. The molecule has 2 fully saturated rings. The molecule has 0 radical (unpaired) electrons. The summed E-state index contributed by atoms with van der Waals surface area (Å²) in [5, 5.41) is 0. The number of amides is 2. The van der Waals surface area contributed by atoms with Gasteiger partial charge in [-0.2, -0.15) is 0 Å². The molecule has 0 aliphatic carbocycles. The summed E-state index contributed by atoms with van der Waals surface area (Å²) in [6.45, 7) is 0.991. The van der Waals surface area contributed by atoms with Gasteiger partial charge >= 0.3 is 0 Å². The molecular formula is C19H19FN2O4S. The first kappa shape index (κ1) is 17.9. The minimum atomic E-state index is -1.35. The molecule has 2 saturated heterocycles. The molecule has 1 atom stereocenters. The number of furan rings is 1. The first-order valence-electron chi connectivity index (χ1n) is 8.76. The lowest BCUT2D eigenvalue weighted by Crippen LogP contribution is -2.55. The van der Waals surface area contributed by atoms with E-state index in [4.69, 9.17) is 4.42 Å². The Morgan fingerprint density at radius 1 is 1.22 bits per heavy atom. The Bertz CT molecular complexity index is 891. The molecule has 2 aliphatic rings. The predicted octanol–water partition coefficient (Wildman–Crippen LogP) is 2.14. The van der Waals surface area contributed by atoms with Gasteiger partial charge in [0.2, 0.25) is 5.91 Å². The normalized spacial score (nSPS) is 21.8. The molecule has 8 heteroatoms. The van der Waals surface area contributed by atoms with Gasteiger partial charge in [-0.1, -0.05) is 12.1 Å². The van der Waals surface area contributed by atoms with Crippen LogP contribution in [-0.2, 0) is 22.1 Å². The fourth-order valence-corrected chi connectivity index (χ4v) is 5.54. The Morgan fingerprint density at radius 2 is 2.00 bits per heavy atom. The topological polar surface area (TPSA) is 70.8 Å². The SMILES string of the molecule is O=C(c1ccco1)N1CCC2(CC1)N(Cc1cccc(F)c1)C(=O)CS2=O. The maximum absolute atomic E-state index is 13.5. The predicted molar refractivity (Wildman–Crippen MR) is 96.5 cm³/mol. The zero-order valence-electron chi connectivity index (χ0n) is 14.6. The van der Waals surface area contributed by atoms with Crippen molar-refractivity contribution >= 4 is 22.6 Å². The summed E-state index contributed by atoms with van der Waals surface area (Å²) in [5.41, 5.74) is 0.663. The van der Waals surface area contributed by atoms with Gasteiger partial charge in [0.1, 0.15) is 16.4 Å². The summed E-state index contributed by atoms with van der Waals surface area (Å²) >= 11 is 0. The van der Waals surface area contributed by atoms with Crippen LogP contribution in [0.1, 0.15) is 29.0 Å². The largest absolute Gasteiger partial charge is 0.459 e. The molecule has 0 bridgehead atoms. The van der Waals surface area contributed by atoms with Crippen molar-refractivity contribution in [2.45, 2.75) is 24.3 Å². The smallest absolute Gasteiger partial charge is 0.289 e. The molecule has 1 aromatic heterocycles. The number of carbonyl (C=O) groups is 2.